The van der Waals surface area contributed by atoms with Crippen molar-refractivity contribution >= 4 is 6.29 Å². The van der Waals surface area contributed by atoms with Crippen LogP contribution in [0.5, 0.6) is 5.75 Å². The van der Waals surface area contributed by atoms with Crippen molar-refractivity contribution in [2.75, 3.05) is 33.5 Å². The van der Waals surface area contributed by atoms with Crippen LogP contribution in [-0.2, 0) is 9.47 Å². The number of rotatable bonds is 9. The van der Waals surface area contributed by atoms with Crippen LogP contribution in [0.25, 0.3) is 0 Å². The van der Waals surface area contributed by atoms with Gasteiger partial charge in [0, 0.05) is 20.3 Å². The molecular formula is C13H18O4. The zero-order valence-electron chi connectivity index (χ0n) is 10.1. The monoisotopic (exact) mass is 238 g/mol. The Balaban J connectivity index is 2.15. The highest BCUT2D eigenvalue weighted by Crippen LogP contribution is 2.15. The first-order valence-electron chi connectivity index (χ1n) is 5.62. The molecule has 4 heteroatoms. The number of ether oxygens (including phenoxy) is 3. The molecule has 0 aliphatic rings. The minimum absolute atomic E-state index is 0.442. The molecule has 0 saturated carbocycles. The van der Waals surface area contributed by atoms with Crippen molar-refractivity contribution in [3.63, 3.8) is 0 Å². The molecule has 0 bridgehead atoms. The fourth-order valence-corrected chi connectivity index (χ4v) is 1.33. The average molecular weight is 238 g/mol. The number of methoxy groups -OCH3 is 1. The summed E-state index contributed by atoms with van der Waals surface area (Å²) in [6.45, 7) is 2.32. The van der Waals surface area contributed by atoms with Gasteiger partial charge in [0.05, 0.1) is 12.2 Å². The van der Waals surface area contributed by atoms with Gasteiger partial charge in [-0.1, -0.05) is 12.1 Å². The summed E-state index contributed by atoms with van der Waals surface area (Å²) in [4.78, 5) is 10.7. The topological polar surface area (TPSA) is 44.8 Å². The number of carbonyl (C=O) groups excluding carboxylic acids is 1. The molecule has 17 heavy (non-hydrogen) atoms. The second-order valence-electron chi connectivity index (χ2n) is 3.46. The van der Waals surface area contributed by atoms with Gasteiger partial charge in [-0.3, -0.25) is 4.79 Å². The third-order valence-electron chi connectivity index (χ3n) is 2.17. The summed E-state index contributed by atoms with van der Waals surface area (Å²) in [6.07, 6.45) is 1.66. The van der Waals surface area contributed by atoms with Crippen molar-refractivity contribution in [2.24, 2.45) is 0 Å². The number of benzene rings is 1. The Hall–Kier alpha value is -1.39. The van der Waals surface area contributed by atoms with E-state index in [9.17, 15) is 4.79 Å². The van der Waals surface area contributed by atoms with E-state index in [4.69, 9.17) is 14.2 Å². The van der Waals surface area contributed by atoms with Crippen LogP contribution in [-0.4, -0.2) is 39.8 Å². The molecule has 0 fully saturated rings. The predicted molar refractivity (Wildman–Crippen MR) is 64.6 cm³/mol. The molecule has 4 nitrogen and oxygen atoms in total. The van der Waals surface area contributed by atoms with Crippen molar-refractivity contribution in [3.8, 4) is 5.75 Å². The molecule has 0 atom stereocenters. The van der Waals surface area contributed by atoms with Crippen LogP contribution in [0.4, 0.5) is 0 Å². The Morgan fingerprint density at radius 2 is 1.94 bits per heavy atom. The molecule has 0 radical (unpaired) electrons. The fourth-order valence-electron chi connectivity index (χ4n) is 1.33. The smallest absolute Gasteiger partial charge is 0.153 e. The largest absolute Gasteiger partial charge is 0.490 e. The summed E-state index contributed by atoms with van der Waals surface area (Å²) < 4.78 is 15.7. The van der Waals surface area contributed by atoms with Gasteiger partial charge < -0.3 is 14.2 Å². The molecule has 1 aromatic rings. The molecule has 94 valence electrons. The molecule has 0 spiro atoms. The molecule has 0 N–H and O–H groups in total. The van der Waals surface area contributed by atoms with Gasteiger partial charge in [-0.15, -0.1) is 0 Å². The first-order valence-corrected chi connectivity index (χ1v) is 5.62. The number of hydrogen-bond acceptors (Lipinski definition) is 4. The summed E-state index contributed by atoms with van der Waals surface area (Å²) in [5.74, 6) is 0.600. The molecule has 0 saturated heterocycles. The van der Waals surface area contributed by atoms with Gasteiger partial charge in [0.2, 0.25) is 0 Å². The normalized spacial score (nSPS) is 10.2. The highest BCUT2D eigenvalue weighted by molar-refractivity contribution is 5.79. The first-order chi connectivity index (χ1) is 8.38. The third kappa shape index (κ3) is 5.47. The maximum Gasteiger partial charge on any atom is 0.153 e. The highest BCUT2D eigenvalue weighted by Gasteiger charge is 2.00. The van der Waals surface area contributed by atoms with Gasteiger partial charge in [-0.05, 0) is 18.6 Å². The van der Waals surface area contributed by atoms with E-state index in [1.54, 1.807) is 25.3 Å². The molecule has 0 aliphatic carbocycles. The van der Waals surface area contributed by atoms with Crippen LogP contribution in [0.2, 0.25) is 0 Å². The standard InChI is InChI=1S/C13H18O4/c1-15-7-4-8-16-9-10-17-13-6-3-2-5-12(13)11-14/h2-3,5-6,11H,4,7-10H2,1H3. The lowest BCUT2D eigenvalue weighted by Crippen LogP contribution is -2.09. The molecule has 1 rings (SSSR count). The van der Waals surface area contributed by atoms with Gasteiger partial charge in [0.15, 0.2) is 6.29 Å². The Morgan fingerprint density at radius 1 is 1.12 bits per heavy atom. The van der Waals surface area contributed by atoms with E-state index in [2.05, 4.69) is 0 Å². The Labute approximate surface area is 101 Å². The number of hydrogen-bond donors (Lipinski definition) is 0. The second-order valence-corrected chi connectivity index (χ2v) is 3.46. The third-order valence-corrected chi connectivity index (χ3v) is 2.17. The van der Waals surface area contributed by atoms with Gasteiger partial charge in [-0.2, -0.15) is 0 Å². The number of para-hydroxylation sites is 1. The van der Waals surface area contributed by atoms with Gasteiger partial charge in [-0.25, -0.2) is 0 Å². The lowest BCUT2D eigenvalue weighted by Gasteiger charge is -2.08. The van der Waals surface area contributed by atoms with Crippen LogP contribution in [0.1, 0.15) is 16.8 Å². The van der Waals surface area contributed by atoms with E-state index in [-0.39, 0.29) is 0 Å². The van der Waals surface area contributed by atoms with Gasteiger partial charge in [0.25, 0.3) is 0 Å². The minimum atomic E-state index is 0.442. The predicted octanol–water partition coefficient (Wildman–Crippen LogP) is 1.93. The Bertz CT molecular complexity index is 325. The van der Waals surface area contributed by atoms with Crippen LogP contribution in [0.15, 0.2) is 24.3 Å². The van der Waals surface area contributed by atoms with Crippen molar-refractivity contribution in [1.82, 2.24) is 0 Å². The van der Waals surface area contributed by atoms with Crippen LogP contribution < -0.4 is 4.74 Å². The summed E-state index contributed by atoms with van der Waals surface area (Å²) in [7, 11) is 1.67. The van der Waals surface area contributed by atoms with Gasteiger partial charge >= 0.3 is 0 Å². The molecule has 0 amide bonds. The average Bonchev–Trinajstić information content (AvgIpc) is 2.38. The summed E-state index contributed by atoms with van der Waals surface area (Å²) in [5, 5.41) is 0. The van der Waals surface area contributed by atoms with E-state index in [1.165, 1.54) is 0 Å². The summed E-state index contributed by atoms with van der Waals surface area (Å²) in [5.41, 5.74) is 0.562. The number of aldehydes is 1. The quantitative estimate of drug-likeness (QED) is 0.487. The van der Waals surface area contributed by atoms with E-state index in [0.717, 1.165) is 12.7 Å². The van der Waals surface area contributed by atoms with E-state index in [0.29, 0.717) is 37.7 Å². The summed E-state index contributed by atoms with van der Waals surface area (Å²) >= 11 is 0. The summed E-state index contributed by atoms with van der Waals surface area (Å²) in [6, 6.07) is 7.13. The molecule has 0 aromatic heterocycles. The van der Waals surface area contributed by atoms with Crippen molar-refractivity contribution in [2.45, 2.75) is 6.42 Å². The zero-order chi connectivity index (χ0) is 12.3. The minimum Gasteiger partial charge on any atom is -0.490 e. The van der Waals surface area contributed by atoms with Crippen molar-refractivity contribution in [3.05, 3.63) is 29.8 Å². The Kier molecular flexibility index (Phi) is 7.02. The molecular weight excluding hydrogens is 220 g/mol. The van der Waals surface area contributed by atoms with E-state index in [1.807, 2.05) is 6.07 Å². The first kappa shape index (κ1) is 13.7. The van der Waals surface area contributed by atoms with Crippen molar-refractivity contribution in [1.29, 1.82) is 0 Å². The SMILES string of the molecule is COCCCOCCOc1ccccc1C=O. The van der Waals surface area contributed by atoms with E-state index < -0.39 is 0 Å². The van der Waals surface area contributed by atoms with Crippen LogP contribution in [0, 0.1) is 0 Å². The maximum atomic E-state index is 10.7. The van der Waals surface area contributed by atoms with Gasteiger partial charge in [0.1, 0.15) is 12.4 Å². The lowest BCUT2D eigenvalue weighted by molar-refractivity contribution is 0.0802. The maximum absolute atomic E-state index is 10.7. The zero-order valence-corrected chi connectivity index (χ0v) is 10.1. The molecule has 1 aromatic carbocycles. The molecule has 0 heterocycles. The Morgan fingerprint density at radius 3 is 2.71 bits per heavy atom. The molecule has 0 unspecified atom stereocenters. The second kappa shape index (κ2) is 8.73. The number of carbonyl (C=O) groups is 1. The van der Waals surface area contributed by atoms with Crippen molar-refractivity contribution < 1.29 is 19.0 Å². The van der Waals surface area contributed by atoms with E-state index >= 15 is 0 Å². The highest BCUT2D eigenvalue weighted by atomic mass is 16.5. The van der Waals surface area contributed by atoms with Crippen LogP contribution in [0.3, 0.4) is 0 Å². The molecule has 0 aliphatic heterocycles. The van der Waals surface area contributed by atoms with Crippen LogP contribution >= 0.6 is 0 Å². The lowest BCUT2D eigenvalue weighted by atomic mass is 10.2. The fraction of sp³-hybridized carbons (Fsp3) is 0.462.